The molecule has 0 bridgehead atoms. The standard InChI is InChI=1S/C31H29F5N6O4S/c1-6-23(43)40-12-13-41(18(5)15-40)27-19-14-22(33)25(24-20(31(34,35)36)8-7-9-21(24)32)38-28(19)42(30(44)39-27)26-17(4)10-11-37-29(26)47(45,46)16(2)3/h6-11,14,16,18H,1,12-13,15H2,2-5H3/t18-/m0/s1. The van der Waals surface area contributed by atoms with E-state index in [1.165, 1.54) is 37.9 Å². The minimum absolute atomic E-state index is 0.111. The highest BCUT2D eigenvalue weighted by molar-refractivity contribution is 7.92. The molecule has 0 unspecified atom stereocenters. The molecule has 0 radical (unpaired) electrons. The Bertz CT molecular complexity index is 2100. The molecule has 47 heavy (non-hydrogen) atoms. The second-order valence-electron chi connectivity index (χ2n) is 11.3. The molecule has 0 N–H and O–H groups in total. The summed E-state index contributed by atoms with van der Waals surface area (Å²) in [5.41, 5.74) is -5.44. The second kappa shape index (κ2) is 12.1. The van der Waals surface area contributed by atoms with Crippen LogP contribution in [0.1, 0.15) is 31.9 Å². The van der Waals surface area contributed by atoms with Gasteiger partial charge >= 0.3 is 11.9 Å². The van der Waals surface area contributed by atoms with Gasteiger partial charge in [-0.25, -0.2) is 36.5 Å². The van der Waals surface area contributed by atoms with E-state index in [1.54, 1.807) is 11.8 Å². The molecule has 5 rings (SSSR count). The molecule has 0 aliphatic carbocycles. The SMILES string of the molecule is C=CC(=O)N1CCN(c2nc(=O)n(-c3c(C)ccnc3S(=O)(=O)C(C)C)c3nc(-c4c(F)cccc4C(F)(F)F)c(F)cc23)[C@@H](C)C1. The molecule has 1 saturated heterocycles. The first-order chi connectivity index (χ1) is 22.0. The molecule has 1 aliphatic rings. The zero-order chi connectivity index (χ0) is 34.6. The number of pyridine rings is 2. The topological polar surface area (TPSA) is 118 Å². The smallest absolute Gasteiger partial charge is 0.350 e. The van der Waals surface area contributed by atoms with Crippen LogP contribution in [-0.4, -0.2) is 69.7 Å². The van der Waals surface area contributed by atoms with Crippen LogP contribution >= 0.6 is 0 Å². The summed E-state index contributed by atoms with van der Waals surface area (Å²) in [6.45, 7) is 9.90. The predicted molar refractivity (Wildman–Crippen MR) is 164 cm³/mol. The van der Waals surface area contributed by atoms with Gasteiger partial charge in [0.1, 0.15) is 17.3 Å². The lowest BCUT2D eigenvalue weighted by atomic mass is 10.0. The maximum absolute atomic E-state index is 16.0. The van der Waals surface area contributed by atoms with Gasteiger partial charge in [-0.1, -0.05) is 12.6 Å². The number of hydrogen-bond donors (Lipinski definition) is 0. The molecular weight excluding hydrogens is 647 g/mol. The zero-order valence-corrected chi connectivity index (χ0v) is 26.5. The van der Waals surface area contributed by atoms with E-state index in [4.69, 9.17) is 0 Å². The van der Waals surface area contributed by atoms with Crippen LogP contribution in [0.2, 0.25) is 0 Å². The zero-order valence-electron chi connectivity index (χ0n) is 25.6. The van der Waals surface area contributed by atoms with Crippen molar-refractivity contribution in [2.24, 2.45) is 0 Å². The Morgan fingerprint density at radius 1 is 1.11 bits per heavy atom. The number of carbonyl (C=O) groups is 1. The number of aryl methyl sites for hydroxylation is 1. The number of halogens is 5. The van der Waals surface area contributed by atoms with Crippen molar-refractivity contribution in [2.75, 3.05) is 24.5 Å². The quantitative estimate of drug-likeness (QED) is 0.210. The summed E-state index contributed by atoms with van der Waals surface area (Å²) in [5.74, 6) is -3.23. The van der Waals surface area contributed by atoms with Crippen LogP contribution < -0.4 is 10.6 Å². The number of alkyl halides is 3. The number of sulfone groups is 1. The largest absolute Gasteiger partial charge is 0.417 e. The number of benzene rings is 1. The number of fused-ring (bicyclic) bond motifs is 1. The van der Waals surface area contributed by atoms with Crippen LogP contribution in [0.5, 0.6) is 0 Å². The van der Waals surface area contributed by atoms with E-state index >= 15 is 8.78 Å². The lowest BCUT2D eigenvalue weighted by molar-refractivity contribution is -0.137. The highest BCUT2D eigenvalue weighted by Gasteiger charge is 2.37. The Balaban J connectivity index is 1.90. The molecule has 4 heterocycles. The summed E-state index contributed by atoms with van der Waals surface area (Å²) in [4.78, 5) is 41.7. The van der Waals surface area contributed by atoms with E-state index in [2.05, 4.69) is 21.5 Å². The van der Waals surface area contributed by atoms with Crippen LogP contribution in [0, 0.1) is 18.6 Å². The predicted octanol–water partition coefficient (Wildman–Crippen LogP) is 4.85. The number of carbonyl (C=O) groups excluding carboxylic acids is 1. The van der Waals surface area contributed by atoms with Gasteiger partial charge in [0.05, 0.1) is 27.5 Å². The highest BCUT2D eigenvalue weighted by atomic mass is 32.2. The van der Waals surface area contributed by atoms with E-state index in [9.17, 15) is 31.2 Å². The minimum atomic E-state index is -5.11. The van der Waals surface area contributed by atoms with Crippen molar-refractivity contribution in [2.45, 2.75) is 50.2 Å². The number of rotatable bonds is 6. The third-order valence-electron chi connectivity index (χ3n) is 7.95. The molecule has 3 aromatic heterocycles. The molecule has 1 aromatic carbocycles. The van der Waals surface area contributed by atoms with Crippen LogP contribution in [0.15, 0.2) is 59.0 Å². The van der Waals surface area contributed by atoms with Crippen LogP contribution in [0.3, 0.4) is 0 Å². The van der Waals surface area contributed by atoms with Gasteiger partial charge in [0.15, 0.2) is 26.3 Å². The first-order valence-electron chi connectivity index (χ1n) is 14.4. The van der Waals surface area contributed by atoms with Gasteiger partial charge in [0, 0.05) is 31.9 Å². The lowest BCUT2D eigenvalue weighted by Crippen LogP contribution is -2.54. The number of piperazine rings is 1. The monoisotopic (exact) mass is 676 g/mol. The van der Waals surface area contributed by atoms with Gasteiger partial charge < -0.3 is 9.80 Å². The van der Waals surface area contributed by atoms with Crippen LogP contribution in [-0.2, 0) is 20.8 Å². The van der Waals surface area contributed by atoms with E-state index in [1.807, 2.05) is 0 Å². The molecule has 0 saturated carbocycles. The Labute approximate surface area is 266 Å². The van der Waals surface area contributed by atoms with Crippen LogP contribution in [0.25, 0.3) is 28.0 Å². The summed E-state index contributed by atoms with van der Waals surface area (Å²) >= 11 is 0. The number of anilines is 1. The fourth-order valence-electron chi connectivity index (χ4n) is 5.53. The first-order valence-corrected chi connectivity index (χ1v) is 15.9. The Hall–Kier alpha value is -4.73. The molecule has 10 nitrogen and oxygen atoms in total. The van der Waals surface area contributed by atoms with Crippen molar-refractivity contribution < 1.29 is 35.2 Å². The van der Waals surface area contributed by atoms with Crippen molar-refractivity contribution >= 4 is 32.6 Å². The number of hydrogen-bond acceptors (Lipinski definition) is 8. The summed E-state index contributed by atoms with van der Waals surface area (Å²) in [5, 5.41) is -1.72. The molecular formula is C31H29F5N6O4S. The molecule has 4 aromatic rings. The summed E-state index contributed by atoms with van der Waals surface area (Å²) in [7, 11) is -4.19. The maximum Gasteiger partial charge on any atom is 0.417 e. The summed E-state index contributed by atoms with van der Waals surface area (Å²) in [6.07, 6.45) is -2.75. The number of amides is 1. The number of nitrogens with zero attached hydrogens (tertiary/aromatic N) is 6. The molecule has 248 valence electrons. The van der Waals surface area contributed by atoms with E-state index < -0.39 is 72.1 Å². The molecule has 1 amide bonds. The van der Waals surface area contributed by atoms with Crippen molar-refractivity contribution in [1.29, 1.82) is 0 Å². The minimum Gasteiger partial charge on any atom is -0.350 e. The molecule has 1 fully saturated rings. The summed E-state index contributed by atoms with van der Waals surface area (Å²) < 4.78 is 101. The Morgan fingerprint density at radius 2 is 1.81 bits per heavy atom. The second-order valence-corrected chi connectivity index (χ2v) is 13.7. The van der Waals surface area contributed by atoms with Crippen molar-refractivity contribution in [3.63, 3.8) is 0 Å². The first kappa shape index (κ1) is 33.6. The van der Waals surface area contributed by atoms with Gasteiger partial charge in [0.2, 0.25) is 5.91 Å². The van der Waals surface area contributed by atoms with E-state index in [-0.39, 0.29) is 48.0 Å². The van der Waals surface area contributed by atoms with Crippen LogP contribution in [0.4, 0.5) is 27.8 Å². The average Bonchev–Trinajstić information content (AvgIpc) is 3.00. The van der Waals surface area contributed by atoms with Crippen molar-refractivity contribution in [3.8, 4) is 16.9 Å². The van der Waals surface area contributed by atoms with Gasteiger partial charge in [-0.2, -0.15) is 18.2 Å². The third-order valence-corrected chi connectivity index (χ3v) is 10.0. The number of aromatic nitrogens is 4. The average molecular weight is 677 g/mol. The van der Waals surface area contributed by atoms with E-state index in [0.29, 0.717) is 12.1 Å². The maximum atomic E-state index is 16.0. The van der Waals surface area contributed by atoms with E-state index in [0.717, 1.165) is 22.8 Å². The fourth-order valence-corrected chi connectivity index (χ4v) is 6.71. The Kier molecular flexibility index (Phi) is 8.68. The normalized spacial score (nSPS) is 15.8. The van der Waals surface area contributed by atoms with Crippen molar-refractivity contribution in [1.82, 2.24) is 24.4 Å². The molecule has 1 atom stereocenters. The van der Waals surface area contributed by atoms with Gasteiger partial charge in [0.25, 0.3) is 0 Å². The fraction of sp³-hybridized carbons (Fsp3) is 0.323. The highest BCUT2D eigenvalue weighted by Crippen LogP contribution is 2.40. The lowest BCUT2D eigenvalue weighted by Gasteiger charge is -2.40. The molecule has 0 spiro atoms. The van der Waals surface area contributed by atoms with Gasteiger partial charge in [-0.15, -0.1) is 0 Å². The van der Waals surface area contributed by atoms with Gasteiger partial charge in [-0.05, 0) is 63.6 Å². The molecule has 1 aliphatic heterocycles. The van der Waals surface area contributed by atoms with Gasteiger partial charge in [-0.3, -0.25) is 4.79 Å². The Morgan fingerprint density at radius 3 is 2.43 bits per heavy atom. The molecule has 16 heteroatoms. The third kappa shape index (κ3) is 5.85. The van der Waals surface area contributed by atoms with Crippen molar-refractivity contribution in [3.05, 3.63) is 82.4 Å². The summed E-state index contributed by atoms with van der Waals surface area (Å²) in [6, 6.07) is 3.80.